The Balaban J connectivity index is 0.00000529. The van der Waals surface area contributed by atoms with E-state index in [-0.39, 0.29) is 24.0 Å². The second-order valence-electron chi connectivity index (χ2n) is 5.89. The molecule has 0 heterocycles. The van der Waals surface area contributed by atoms with Crippen molar-refractivity contribution in [1.82, 2.24) is 15.5 Å². The van der Waals surface area contributed by atoms with Crippen molar-refractivity contribution < 1.29 is 0 Å². The average Bonchev–Trinajstić information content (AvgIpc) is 2.53. The molecule has 1 aromatic rings. The number of halogens is 1. The van der Waals surface area contributed by atoms with Gasteiger partial charge in [-0.1, -0.05) is 24.3 Å². The Kier molecular flexibility index (Phi) is 13.5. The number of thioether (sulfide) groups is 1. The maximum absolute atomic E-state index is 4.73. The van der Waals surface area contributed by atoms with Crippen LogP contribution in [0, 0.1) is 0 Å². The van der Waals surface area contributed by atoms with Crippen molar-refractivity contribution in [3.05, 3.63) is 35.4 Å². The number of guanidine groups is 1. The van der Waals surface area contributed by atoms with Crippen LogP contribution in [0.15, 0.2) is 29.3 Å². The molecule has 0 saturated carbocycles. The van der Waals surface area contributed by atoms with Crippen molar-refractivity contribution >= 4 is 41.7 Å². The molecule has 0 aromatic heterocycles. The van der Waals surface area contributed by atoms with Crippen molar-refractivity contribution in [1.29, 1.82) is 0 Å². The highest BCUT2D eigenvalue weighted by molar-refractivity contribution is 14.0. The number of hydrogen-bond donors (Lipinski definition) is 2. The zero-order chi connectivity index (χ0) is 17.1. The molecule has 0 spiro atoms. The Labute approximate surface area is 169 Å². The summed E-state index contributed by atoms with van der Waals surface area (Å²) in [6, 6.07) is 9.13. The van der Waals surface area contributed by atoms with Gasteiger partial charge < -0.3 is 10.6 Å². The van der Waals surface area contributed by atoms with Crippen LogP contribution in [0.3, 0.4) is 0 Å². The van der Waals surface area contributed by atoms with E-state index in [1.807, 2.05) is 11.8 Å². The van der Waals surface area contributed by atoms with E-state index in [4.69, 9.17) is 4.99 Å². The summed E-state index contributed by atoms with van der Waals surface area (Å²) in [5, 5.41) is 6.69. The maximum Gasteiger partial charge on any atom is 0.191 e. The first-order valence-corrected chi connectivity index (χ1v) is 9.76. The molecular formula is C18H33IN4S. The molecule has 1 aromatic carbocycles. The van der Waals surface area contributed by atoms with Crippen molar-refractivity contribution in [3.63, 3.8) is 0 Å². The highest BCUT2D eigenvalue weighted by Gasteiger charge is 2.08. The summed E-state index contributed by atoms with van der Waals surface area (Å²) >= 11 is 1.84. The first-order chi connectivity index (χ1) is 11.1. The Morgan fingerprint density at radius 2 is 1.88 bits per heavy atom. The fourth-order valence-corrected chi connectivity index (χ4v) is 2.40. The Morgan fingerprint density at radius 1 is 1.21 bits per heavy atom. The minimum Gasteiger partial charge on any atom is -0.357 e. The van der Waals surface area contributed by atoms with Crippen LogP contribution in [0.1, 0.15) is 31.9 Å². The van der Waals surface area contributed by atoms with Crippen molar-refractivity contribution in [3.8, 4) is 0 Å². The predicted molar refractivity (Wildman–Crippen MR) is 120 cm³/mol. The summed E-state index contributed by atoms with van der Waals surface area (Å²) in [5.41, 5.74) is 2.65. The summed E-state index contributed by atoms with van der Waals surface area (Å²) < 4.78 is 0. The highest BCUT2D eigenvalue weighted by atomic mass is 127. The van der Waals surface area contributed by atoms with E-state index >= 15 is 0 Å². The van der Waals surface area contributed by atoms with E-state index in [1.54, 1.807) is 0 Å². The third-order valence-electron chi connectivity index (χ3n) is 3.77. The molecule has 0 fully saturated rings. The molecule has 4 nitrogen and oxygen atoms in total. The lowest BCUT2D eigenvalue weighted by atomic mass is 10.1. The molecule has 1 rings (SSSR count). The minimum absolute atomic E-state index is 0. The third-order valence-corrected chi connectivity index (χ3v) is 4.38. The SMILES string of the molecule is CCNC(=NCc1ccccc1CN(C)C(C)C)NCCSC.I. The zero-order valence-electron chi connectivity index (χ0n) is 15.6. The molecule has 6 heteroatoms. The first-order valence-electron chi connectivity index (χ1n) is 8.36. The van der Waals surface area contributed by atoms with Crippen LogP contribution < -0.4 is 10.6 Å². The number of aliphatic imine (C=N–C) groups is 1. The molecule has 138 valence electrons. The van der Waals surface area contributed by atoms with Crippen LogP contribution in [-0.4, -0.2) is 49.0 Å². The normalized spacial score (nSPS) is 11.5. The summed E-state index contributed by atoms with van der Waals surface area (Å²) in [6.45, 7) is 10.0. The second-order valence-corrected chi connectivity index (χ2v) is 6.88. The Bertz CT molecular complexity index is 480. The second kappa shape index (κ2) is 13.8. The Hall–Kier alpha value is -0.470. The quantitative estimate of drug-likeness (QED) is 0.254. The number of rotatable bonds is 9. The molecule has 0 saturated heterocycles. The first kappa shape index (κ1) is 23.5. The van der Waals surface area contributed by atoms with Crippen LogP contribution in [-0.2, 0) is 13.1 Å². The molecule has 0 radical (unpaired) electrons. The number of benzene rings is 1. The van der Waals surface area contributed by atoms with E-state index < -0.39 is 0 Å². The summed E-state index contributed by atoms with van der Waals surface area (Å²) in [7, 11) is 2.17. The van der Waals surface area contributed by atoms with E-state index in [0.717, 1.165) is 31.3 Å². The van der Waals surface area contributed by atoms with Gasteiger partial charge in [0, 0.05) is 31.4 Å². The number of hydrogen-bond acceptors (Lipinski definition) is 3. The minimum atomic E-state index is 0. The lowest BCUT2D eigenvalue weighted by Gasteiger charge is -2.22. The topological polar surface area (TPSA) is 39.7 Å². The molecule has 0 aliphatic carbocycles. The predicted octanol–water partition coefficient (Wildman–Crippen LogP) is 3.56. The largest absolute Gasteiger partial charge is 0.357 e. The zero-order valence-corrected chi connectivity index (χ0v) is 18.8. The number of nitrogens with one attached hydrogen (secondary N) is 2. The maximum atomic E-state index is 4.73. The van der Waals surface area contributed by atoms with Gasteiger partial charge in [-0.15, -0.1) is 24.0 Å². The molecule has 0 atom stereocenters. The van der Waals surface area contributed by atoms with Gasteiger partial charge in [-0.2, -0.15) is 11.8 Å². The molecule has 0 unspecified atom stereocenters. The molecule has 0 bridgehead atoms. The van der Waals surface area contributed by atoms with Gasteiger partial charge >= 0.3 is 0 Å². The fraction of sp³-hybridized carbons (Fsp3) is 0.611. The summed E-state index contributed by atoms with van der Waals surface area (Å²) in [5.74, 6) is 1.98. The van der Waals surface area contributed by atoms with Gasteiger partial charge in [0.2, 0.25) is 0 Å². The van der Waals surface area contributed by atoms with E-state index in [9.17, 15) is 0 Å². The van der Waals surface area contributed by atoms with Gasteiger partial charge in [0.05, 0.1) is 6.54 Å². The van der Waals surface area contributed by atoms with Crippen LogP contribution in [0.2, 0.25) is 0 Å². The van der Waals surface area contributed by atoms with E-state index in [0.29, 0.717) is 12.6 Å². The molecule has 0 aliphatic rings. The van der Waals surface area contributed by atoms with Gasteiger partial charge in [0.1, 0.15) is 0 Å². The lowest BCUT2D eigenvalue weighted by Crippen LogP contribution is -2.38. The summed E-state index contributed by atoms with van der Waals surface area (Å²) in [4.78, 5) is 7.09. The van der Waals surface area contributed by atoms with Crippen molar-refractivity contribution in [2.24, 2.45) is 4.99 Å². The van der Waals surface area contributed by atoms with Gasteiger partial charge in [0.25, 0.3) is 0 Å². The summed E-state index contributed by atoms with van der Waals surface area (Å²) in [6.07, 6.45) is 2.12. The molecule has 0 amide bonds. The molecule has 2 N–H and O–H groups in total. The van der Waals surface area contributed by atoms with Crippen LogP contribution in [0.5, 0.6) is 0 Å². The highest BCUT2D eigenvalue weighted by Crippen LogP contribution is 2.13. The Morgan fingerprint density at radius 3 is 2.46 bits per heavy atom. The van der Waals surface area contributed by atoms with Gasteiger partial charge in [-0.25, -0.2) is 4.99 Å². The van der Waals surface area contributed by atoms with E-state index in [2.05, 4.69) is 73.9 Å². The van der Waals surface area contributed by atoms with Gasteiger partial charge in [-0.3, -0.25) is 4.90 Å². The van der Waals surface area contributed by atoms with Crippen LogP contribution in [0.25, 0.3) is 0 Å². The molecule has 24 heavy (non-hydrogen) atoms. The van der Waals surface area contributed by atoms with Gasteiger partial charge in [-0.05, 0) is 45.2 Å². The lowest BCUT2D eigenvalue weighted by molar-refractivity contribution is 0.265. The number of nitrogens with zero attached hydrogens (tertiary/aromatic N) is 2. The third kappa shape index (κ3) is 9.13. The monoisotopic (exact) mass is 464 g/mol. The van der Waals surface area contributed by atoms with Crippen LogP contribution >= 0.6 is 35.7 Å². The van der Waals surface area contributed by atoms with Crippen molar-refractivity contribution in [2.75, 3.05) is 32.1 Å². The van der Waals surface area contributed by atoms with E-state index in [1.165, 1.54) is 11.1 Å². The smallest absolute Gasteiger partial charge is 0.191 e. The molecule has 0 aliphatic heterocycles. The van der Waals surface area contributed by atoms with Gasteiger partial charge in [0.15, 0.2) is 5.96 Å². The average molecular weight is 464 g/mol. The molecular weight excluding hydrogens is 431 g/mol. The fourth-order valence-electron chi connectivity index (χ4n) is 2.09. The standard InChI is InChI=1S/C18H32N4S.HI/c1-6-19-18(20-11-12-23-5)21-13-16-9-7-8-10-17(16)14-22(4)15(2)3;/h7-10,15H,6,11-14H2,1-5H3,(H2,19,20,21);1H. The van der Waals surface area contributed by atoms with Crippen molar-refractivity contribution in [2.45, 2.75) is 39.9 Å². The van der Waals surface area contributed by atoms with Crippen LogP contribution in [0.4, 0.5) is 0 Å².